The third-order valence-electron chi connectivity index (χ3n) is 5.45. The predicted octanol–water partition coefficient (Wildman–Crippen LogP) is 4.89. The summed E-state index contributed by atoms with van der Waals surface area (Å²) in [5.41, 5.74) is 4.65. The van der Waals surface area contributed by atoms with Crippen molar-refractivity contribution in [3.8, 4) is 0 Å². The maximum absolute atomic E-state index is 12.9. The van der Waals surface area contributed by atoms with Gasteiger partial charge >= 0.3 is 0 Å². The van der Waals surface area contributed by atoms with E-state index in [1.54, 1.807) is 12.1 Å². The van der Waals surface area contributed by atoms with Crippen molar-refractivity contribution in [3.63, 3.8) is 0 Å². The molecule has 2 aromatic carbocycles. The van der Waals surface area contributed by atoms with Crippen molar-refractivity contribution in [3.05, 3.63) is 80.1 Å². The Morgan fingerprint density at radius 2 is 1.93 bits per heavy atom. The molecule has 1 unspecified atom stereocenters. The van der Waals surface area contributed by atoms with Crippen LogP contribution < -0.4 is 5.56 Å². The van der Waals surface area contributed by atoms with Gasteiger partial charge in [-0.1, -0.05) is 48.4 Å². The number of aromatic nitrogens is 1. The van der Waals surface area contributed by atoms with Crippen LogP contribution in [0.4, 0.5) is 0 Å². The number of nitrogens with zero attached hydrogens (tertiary/aromatic N) is 2. The monoisotopic (exact) mass is 407 g/mol. The largest absolute Gasteiger partial charge is 0.321 e. The number of nitrogens with one attached hydrogen (secondary N) is 1. The number of pyridine rings is 1. The first-order chi connectivity index (χ1) is 13.9. The number of hydrazone groups is 1. The van der Waals surface area contributed by atoms with Crippen LogP contribution in [-0.2, 0) is 4.79 Å². The Labute approximate surface area is 174 Å². The van der Waals surface area contributed by atoms with Crippen LogP contribution in [-0.4, -0.2) is 21.6 Å². The average Bonchev–Trinajstić information content (AvgIpc) is 3.13. The summed E-state index contributed by atoms with van der Waals surface area (Å²) in [7, 11) is 0. The van der Waals surface area contributed by atoms with Crippen molar-refractivity contribution in [2.24, 2.45) is 5.10 Å². The summed E-state index contributed by atoms with van der Waals surface area (Å²) in [5.74, 6) is -0.0662. The first-order valence-corrected chi connectivity index (χ1v) is 10.1. The molecule has 5 nitrogen and oxygen atoms in total. The topological polar surface area (TPSA) is 65.5 Å². The summed E-state index contributed by atoms with van der Waals surface area (Å²) >= 11 is 6.17. The molecular formula is C23H22ClN3O2. The number of carbonyl (C=O) groups excluding carboxylic acids is 1. The minimum Gasteiger partial charge on any atom is -0.321 e. The fourth-order valence-electron chi connectivity index (χ4n) is 3.87. The van der Waals surface area contributed by atoms with E-state index in [0.717, 1.165) is 27.6 Å². The number of halogens is 1. The number of aromatic amines is 1. The minimum atomic E-state index is -0.216. The first kappa shape index (κ1) is 19.4. The summed E-state index contributed by atoms with van der Waals surface area (Å²) in [6, 6.07) is 13.3. The predicted molar refractivity (Wildman–Crippen MR) is 117 cm³/mol. The molecule has 1 atom stereocenters. The molecule has 29 heavy (non-hydrogen) atoms. The van der Waals surface area contributed by atoms with E-state index >= 15 is 0 Å². The number of benzene rings is 2. The lowest BCUT2D eigenvalue weighted by atomic mass is 9.95. The van der Waals surface area contributed by atoms with Crippen LogP contribution in [0.15, 0.2) is 52.4 Å². The number of hydrogen-bond acceptors (Lipinski definition) is 3. The highest BCUT2D eigenvalue weighted by Crippen LogP contribution is 2.34. The van der Waals surface area contributed by atoms with E-state index in [-0.39, 0.29) is 17.5 Å². The van der Waals surface area contributed by atoms with Gasteiger partial charge < -0.3 is 4.98 Å². The quantitative estimate of drug-likeness (QED) is 0.672. The third kappa shape index (κ3) is 3.47. The van der Waals surface area contributed by atoms with Gasteiger partial charge in [-0.05, 0) is 43.2 Å². The normalized spacial score (nSPS) is 16.3. The van der Waals surface area contributed by atoms with E-state index < -0.39 is 0 Å². The fourth-order valence-corrected chi connectivity index (χ4v) is 4.05. The van der Waals surface area contributed by atoms with Gasteiger partial charge in [-0.3, -0.25) is 9.59 Å². The molecule has 1 aliphatic heterocycles. The minimum absolute atomic E-state index is 0.0662. The maximum atomic E-state index is 12.9. The molecule has 0 bridgehead atoms. The molecule has 1 aliphatic rings. The second-order valence-electron chi connectivity index (χ2n) is 7.41. The van der Waals surface area contributed by atoms with Crippen LogP contribution in [0.5, 0.6) is 0 Å². The Hall–Kier alpha value is -2.92. The third-order valence-corrected chi connectivity index (χ3v) is 5.69. The average molecular weight is 408 g/mol. The van der Waals surface area contributed by atoms with Crippen molar-refractivity contribution in [2.75, 3.05) is 0 Å². The van der Waals surface area contributed by atoms with E-state index in [1.165, 1.54) is 5.01 Å². The molecule has 2 heterocycles. The lowest BCUT2D eigenvalue weighted by Gasteiger charge is -2.21. The molecule has 0 saturated carbocycles. The summed E-state index contributed by atoms with van der Waals surface area (Å²) < 4.78 is 0. The molecule has 1 aromatic heterocycles. The Kier molecular flexibility index (Phi) is 5.01. The standard InChI is InChI=1S/C23H22ClN3O2/c1-4-21(28)27-20(15-7-5-13(2)6-8-15)12-19(26-27)22-14(3)17-11-16(24)9-10-18(17)25-23(22)29/h5-11,20H,4,12H2,1-3H3,(H,25,29). The summed E-state index contributed by atoms with van der Waals surface area (Å²) in [5, 5.41) is 7.62. The number of rotatable bonds is 3. The molecule has 4 rings (SSSR count). The van der Waals surface area contributed by atoms with Crippen LogP contribution >= 0.6 is 11.6 Å². The van der Waals surface area contributed by atoms with Gasteiger partial charge in [0.05, 0.1) is 17.3 Å². The lowest BCUT2D eigenvalue weighted by molar-refractivity contribution is -0.132. The van der Waals surface area contributed by atoms with E-state index in [0.29, 0.717) is 29.1 Å². The molecular weight excluding hydrogens is 386 g/mol. The molecule has 0 radical (unpaired) electrons. The Morgan fingerprint density at radius 1 is 1.21 bits per heavy atom. The zero-order chi connectivity index (χ0) is 20.7. The highest BCUT2D eigenvalue weighted by atomic mass is 35.5. The molecule has 6 heteroatoms. The van der Waals surface area contributed by atoms with Gasteiger partial charge in [0.2, 0.25) is 5.91 Å². The number of hydrogen-bond donors (Lipinski definition) is 1. The van der Waals surface area contributed by atoms with Crippen molar-refractivity contribution in [2.45, 2.75) is 39.7 Å². The molecule has 0 fully saturated rings. The Bertz CT molecular complexity index is 1200. The summed E-state index contributed by atoms with van der Waals surface area (Å²) in [6.07, 6.45) is 0.840. The Balaban J connectivity index is 1.83. The van der Waals surface area contributed by atoms with Gasteiger partial charge in [0.15, 0.2) is 0 Å². The molecule has 1 N–H and O–H groups in total. The van der Waals surface area contributed by atoms with Gasteiger partial charge in [0.25, 0.3) is 5.56 Å². The SMILES string of the molecule is CCC(=O)N1N=C(c2c(C)c3cc(Cl)ccc3[nH]c2=O)CC1c1ccc(C)cc1. The van der Waals surface area contributed by atoms with E-state index in [2.05, 4.69) is 10.1 Å². The second-order valence-corrected chi connectivity index (χ2v) is 7.85. The van der Waals surface area contributed by atoms with Crippen LogP contribution in [0.3, 0.4) is 0 Å². The van der Waals surface area contributed by atoms with E-state index in [1.807, 2.05) is 51.1 Å². The number of amides is 1. The maximum Gasteiger partial charge on any atom is 0.257 e. The van der Waals surface area contributed by atoms with Gasteiger partial charge in [-0.2, -0.15) is 5.10 Å². The summed E-state index contributed by atoms with van der Waals surface area (Å²) in [6.45, 7) is 5.74. The highest BCUT2D eigenvalue weighted by molar-refractivity contribution is 6.31. The van der Waals surface area contributed by atoms with Gasteiger partial charge in [0.1, 0.15) is 0 Å². The summed E-state index contributed by atoms with van der Waals surface area (Å²) in [4.78, 5) is 28.4. The molecule has 0 spiro atoms. The molecule has 148 valence electrons. The number of H-pyrrole nitrogens is 1. The first-order valence-electron chi connectivity index (χ1n) is 9.67. The molecule has 1 amide bonds. The molecule has 0 aliphatic carbocycles. The highest BCUT2D eigenvalue weighted by Gasteiger charge is 2.34. The van der Waals surface area contributed by atoms with Crippen molar-refractivity contribution < 1.29 is 4.79 Å². The van der Waals surface area contributed by atoms with Crippen LogP contribution in [0.2, 0.25) is 5.02 Å². The van der Waals surface area contributed by atoms with Crippen molar-refractivity contribution in [1.82, 2.24) is 9.99 Å². The van der Waals surface area contributed by atoms with Gasteiger partial charge in [-0.25, -0.2) is 5.01 Å². The van der Waals surface area contributed by atoms with Crippen molar-refractivity contribution in [1.29, 1.82) is 0 Å². The van der Waals surface area contributed by atoms with E-state index in [4.69, 9.17) is 11.6 Å². The zero-order valence-electron chi connectivity index (χ0n) is 16.6. The zero-order valence-corrected chi connectivity index (χ0v) is 17.4. The van der Waals surface area contributed by atoms with E-state index in [9.17, 15) is 9.59 Å². The molecule has 3 aromatic rings. The number of carbonyl (C=O) groups is 1. The second kappa shape index (κ2) is 7.48. The van der Waals surface area contributed by atoms with Crippen LogP contribution in [0.1, 0.15) is 48.1 Å². The van der Waals surface area contributed by atoms with Gasteiger partial charge in [-0.15, -0.1) is 0 Å². The molecule has 0 saturated heterocycles. The van der Waals surface area contributed by atoms with Crippen molar-refractivity contribution >= 4 is 34.1 Å². The fraction of sp³-hybridized carbons (Fsp3) is 0.261. The number of fused-ring (bicyclic) bond motifs is 1. The van der Waals surface area contributed by atoms with Crippen LogP contribution in [0.25, 0.3) is 10.9 Å². The Morgan fingerprint density at radius 3 is 2.62 bits per heavy atom. The van der Waals surface area contributed by atoms with Crippen LogP contribution in [0, 0.1) is 13.8 Å². The lowest BCUT2D eigenvalue weighted by Crippen LogP contribution is -2.26. The van der Waals surface area contributed by atoms with Gasteiger partial charge in [0, 0.05) is 28.8 Å². The smallest absolute Gasteiger partial charge is 0.257 e. The number of aryl methyl sites for hydroxylation is 2.